The number of aromatic amines is 1. The van der Waals surface area contributed by atoms with E-state index >= 15 is 0 Å². The van der Waals surface area contributed by atoms with Crippen LogP contribution < -0.4 is 15.8 Å². The van der Waals surface area contributed by atoms with E-state index in [4.69, 9.17) is 0 Å². The second-order valence-corrected chi connectivity index (χ2v) is 4.14. The van der Waals surface area contributed by atoms with Crippen molar-refractivity contribution in [1.29, 1.82) is 0 Å². The van der Waals surface area contributed by atoms with E-state index in [9.17, 15) is 9.90 Å². The van der Waals surface area contributed by atoms with Gasteiger partial charge in [0.15, 0.2) is 0 Å². The van der Waals surface area contributed by atoms with Gasteiger partial charge in [0.05, 0.1) is 5.56 Å². The van der Waals surface area contributed by atoms with Crippen LogP contribution in [0.3, 0.4) is 0 Å². The van der Waals surface area contributed by atoms with Crippen LogP contribution in [-0.2, 0) is 6.42 Å². The topological polar surface area (TPSA) is 81.2 Å². The molecule has 0 spiro atoms. The first-order chi connectivity index (χ1) is 8.22. The van der Waals surface area contributed by atoms with Crippen LogP contribution in [0.25, 0.3) is 0 Å². The summed E-state index contributed by atoms with van der Waals surface area (Å²) in [4.78, 5) is 20.5. The van der Waals surface area contributed by atoms with Crippen molar-refractivity contribution >= 4 is 5.95 Å². The number of nitrogens with zero attached hydrogens (tertiary/aromatic N) is 2. The van der Waals surface area contributed by atoms with Gasteiger partial charge in [0.25, 0.3) is 5.56 Å². The summed E-state index contributed by atoms with van der Waals surface area (Å²) in [5.74, 6) is 0.317. The van der Waals surface area contributed by atoms with Gasteiger partial charge in [0, 0.05) is 19.6 Å². The van der Waals surface area contributed by atoms with Gasteiger partial charge >= 0.3 is 0 Å². The Balaban J connectivity index is 2.29. The first-order valence-corrected chi connectivity index (χ1v) is 6.00. The molecule has 0 bridgehead atoms. The molecule has 94 valence electrons. The number of hydrogen-bond acceptors (Lipinski definition) is 5. The van der Waals surface area contributed by atoms with Crippen LogP contribution in [0.2, 0.25) is 0 Å². The van der Waals surface area contributed by atoms with E-state index in [1.54, 1.807) is 0 Å². The Bertz CT molecular complexity index is 436. The summed E-state index contributed by atoms with van der Waals surface area (Å²) >= 11 is 0. The van der Waals surface area contributed by atoms with E-state index in [-0.39, 0.29) is 11.4 Å². The zero-order chi connectivity index (χ0) is 12.3. The maximum absolute atomic E-state index is 11.7. The molecular weight excluding hydrogens is 220 g/mol. The first kappa shape index (κ1) is 11.9. The fourth-order valence-electron chi connectivity index (χ4n) is 2.00. The molecule has 0 amide bonds. The van der Waals surface area contributed by atoms with E-state index in [1.807, 2.05) is 11.8 Å². The monoisotopic (exact) mass is 238 g/mol. The van der Waals surface area contributed by atoms with Gasteiger partial charge < -0.3 is 15.3 Å². The summed E-state index contributed by atoms with van der Waals surface area (Å²) < 4.78 is 0. The Kier molecular flexibility index (Phi) is 3.63. The summed E-state index contributed by atoms with van der Waals surface area (Å²) in [6.45, 7) is 5.27. The number of anilines is 1. The lowest BCUT2D eigenvalue weighted by Crippen LogP contribution is -2.31. The molecule has 6 heteroatoms. The highest BCUT2D eigenvalue weighted by atomic mass is 16.3. The van der Waals surface area contributed by atoms with Gasteiger partial charge in [-0.05, 0) is 19.4 Å². The van der Waals surface area contributed by atoms with Gasteiger partial charge in [0.2, 0.25) is 11.8 Å². The molecular formula is C11H18N4O2. The van der Waals surface area contributed by atoms with Gasteiger partial charge in [0.1, 0.15) is 0 Å². The van der Waals surface area contributed by atoms with Crippen LogP contribution in [0.5, 0.6) is 5.88 Å². The second-order valence-electron chi connectivity index (χ2n) is 4.14. The normalized spacial score (nSPS) is 16.9. The number of hydrogen-bond donors (Lipinski definition) is 3. The molecule has 0 radical (unpaired) electrons. The molecule has 0 saturated carbocycles. The molecule has 3 N–H and O–H groups in total. The zero-order valence-electron chi connectivity index (χ0n) is 9.99. The Morgan fingerprint density at radius 1 is 1.41 bits per heavy atom. The number of aromatic nitrogens is 2. The van der Waals surface area contributed by atoms with Crippen LogP contribution in [0.1, 0.15) is 18.9 Å². The molecule has 1 saturated heterocycles. The van der Waals surface area contributed by atoms with Crippen LogP contribution in [-0.4, -0.2) is 41.3 Å². The highest BCUT2D eigenvalue weighted by Gasteiger charge is 2.15. The fraction of sp³-hybridized carbons (Fsp3) is 0.636. The maximum Gasteiger partial charge on any atom is 0.259 e. The predicted molar refractivity (Wildman–Crippen MR) is 65.6 cm³/mol. The lowest BCUT2D eigenvalue weighted by atomic mass is 10.2. The summed E-state index contributed by atoms with van der Waals surface area (Å²) in [5, 5.41) is 13.0. The summed E-state index contributed by atoms with van der Waals surface area (Å²) in [6.07, 6.45) is 1.48. The number of rotatable bonds is 2. The smallest absolute Gasteiger partial charge is 0.259 e. The van der Waals surface area contributed by atoms with Crippen LogP contribution in [0.15, 0.2) is 4.79 Å². The molecule has 0 unspecified atom stereocenters. The third-order valence-electron chi connectivity index (χ3n) is 2.97. The number of H-pyrrole nitrogens is 1. The molecule has 2 rings (SSSR count). The van der Waals surface area contributed by atoms with E-state index in [0.29, 0.717) is 17.9 Å². The predicted octanol–water partition coefficient (Wildman–Crippen LogP) is -0.162. The molecule has 0 aromatic carbocycles. The Labute approximate surface area is 99.7 Å². The van der Waals surface area contributed by atoms with Gasteiger partial charge in [-0.25, -0.2) is 0 Å². The van der Waals surface area contributed by atoms with Crippen molar-refractivity contribution in [3.63, 3.8) is 0 Å². The van der Waals surface area contributed by atoms with Crippen LogP contribution in [0.4, 0.5) is 5.95 Å². The second kappa shape index (κ2) is 5.18. The van der Waals surface area contributed by atoms with E-state index in [2.05, 4.69) is 15.3 Å². The molecule has 0 aliphatic carbocycles. The summed E-state index contributed by atoms with van der Waals surface area (Å²) in [5.41, 5.74) is 0.105. The van der Waals surface area contributed by atoms with Gasteiger partial charge in [-0.2, -0.15) is 4.98 Å². The first-order valence-electron chi connectivity index (χ1n) is 6.00. The molecule has 17 heavy (non-hydrogen) atoms. The van der Waals surface area contributed by atoms with E-state index in [1.165, 1.54) is 0 Å². The quantitative estimate of drug-likeness (QED) is 0.667. The highest BCUT2D eigenvalue weighted by molar-refractivity contribution is 5.35. The SMILES string of the molecule is CCc1c(O)nc(N2CCCNCC2)[nH]c1=O. The standard InChI is InChI=1S/C11H18N4O2/c1-2-8-9(16)13-11(14-10(8)17)15-6-3-4-12-5-7-15/h12H,2-7H2,1H3,(H2,13,14,16,17). The minimum Gasteiger partial charge on any atom is -0.493 e. The maximum atomic E-state index is 11.7. The Morgan fingerprint density at radius 3 is 2.94 bits per heavy atom. The van der Waals surface area contributed by atoms with Crippen LogP contribution in [0, 0.1) is 0 Å². The fourth-order valence-corrected chi connectivity index (χ4v) is 2.00. The largest absolute Gasteiger partial charge is 0.493 e. The van der Waals surface area contributed by atoms with E-state index in [0.717, 1.165) is 32.6 Å². The van der Waals surface area contributed by atoms with Gasteiger partial charge in [-0.1, -0.05) is 6.92 Å². The van der Waals surface area contributed by atoms with Crippen molar-refractivity contribution in [2.75, 3.05) is 31.1 Å². The third kappa shape index (κ3) is 2.58. The molecule has 6 nitrogen and oxygen atoms in total. The molecule has 1 aliphatic heterocycles. The van der Waals surface area contributed by atoms with Gasteiger partial charge in [-0.15, -0.1) is 0 Å². The molecule has 1 aliphatic rings. The van der Waals surface area contributed by atoms with Crippen molar-refractivity contribution < 1.29 is 5.11 Å². The average Bonchev–Trinajstić information content (AvgIpc) is 2.57. The summed E-state index contributed by atoms with van der Waals surface area (Å²) in [7, 11) is 0. The Hall–Kier alpha value is -1.56. The number of nitrogens with one attached hydrogen (secondary N) is 2. The van der Waals surface area contributed by atoms with Crippen molar-refractivity contribution in [2.24, 2.45) is 0 Å². The lowest BCUT2D eigenvalue weighted by Gasteiger charge is -2.20. The van der Waals surface area contributed by atoms with Crippen LogP contribution >= 0.6 is 0 Å². The van der Waals surface area contributed by atoms with Gasteiger partial charge in [-0.3, -0.25) is 9.78 Å². The Morgan fingerprint density at radius 2 is 2.24 bits per heavy atom. The highest BCUT2D eigenvalue weighted by Crippen LogP contribution is 2.14. The molecule has 1 aromatic heterocycles. The van der Waals surface area contributed by atoms with Crippen molar-refractivity contribution in [3.8, 4) is 5.88 Å². The zero-order valence-corrected chi connectivity index (χ0v) is 9.99. The van der Waals surface area contributed by atoms with Crippen molar-refractivity contribution in [2.45, 2.75) is 19.8 Å². The van der Waals surface area contributed by atoms with Crippen molar-refractivity contribution in [3.05, 3.63) is 15.9 Å². The number of aromatic hydroxyl groups is 1. The molecule has 0 atom stereocenters. The lowest BCUT2D eigenvalue weighted by molar-refractivity contribution is 0.443. The minimum absolute atomic E-state index is 0.150. The average molecular weight is 238 g/mol. The third-order valence-corrected chi connectivity index (χ3v) is 2.97. The summed E-state index contributed by atoms with van der Waals surface area (Å²) in [6, 6.07) is 0. The molecule has 2 heterocycles. The van der Waals surface area contributed by atoms with Crippen molar-refractivity contribution in [1.82, 2.24) is 15.3 Å². The van der Waals surface area contributed by atoms with E-state index < -0.39 is 0 Å². The molecule has 1 aromatic rings. The minimum atomic E-state index is -0.243. The molecule has 1 fully saturated rings.